The molecule has 1 heterocycles. The van der Waals surface area contributed by atoms with Gasteiger partial charge in [-0.2, -0.15) is 4.98 Å². The third kappa shape index (κ3) is 4.93. The van der Waals surface area contributed by atoms with Crippen molar-refractivity contribution in [3.63, 3.8) is 0 Å². The van der Waals surface area contributed by atoms with Crippen LogP contribution in [0.2, 0.25) is 0 Å². The van der Waals surface area contributed by atoms with E-state index >= 15 is 0 Å². The Labute approximate surface area is 158 Å². The fraction of sp³-hybridized carbons (Fsp3) is 0.500. The lowest BCUT2D eigenvalue weighted by Gasteiger charge is -2.11. The van der Waals surface area contributed by atoms with Crippen molar-refractivity contribution in [1.29, 1.82) is 0 Å². The van der Waals surface area contributed by atoms with Crippen molar-refractivity contribution >= 4 is 11.9 Å². The van der Waals surface area contributed by atoms with E-state index in [1.807, 2.05) is 12.1 Å². The SMILES string of the molecule is CC(C)c1ccc(-c2noc(CCC(=O)N[C@H]3CC[C@@H](C(=O)O)C3)n2)cc1. The van der Waals surface area contributed by atoms with Gasteiger partial charge in [-0.25, -0.2) is 0 Å². The molecule has 3 rings (SSSR count). The van der Waals surface area contributed by atoms with Crippen LogP contribution in [0.3, 0.4) is 0 Å². The van der Waals surface area contributed by atoms with E-state index in [-0.39, 0.29) is 24.3 Å². The Kier molecular flexibility index (Phi) is 5.88. The predicted molar refractivity (Wildman–Crippen MR) is 99.1 cm³/mol. The van der Waals surface area contributed by atoms with E-state index in [4.69, 9.17) is 9.63 Å². The highest BCUT2D eigenvalue weighted by Crippen LogP contribution is 2.26. The standard InChI is InChI=1S/C20H25N3O4/c1-12(2)13-3-5-14(6-4-13)19-22-18(27-23-19)10-9-17(24)21-16-8-7-15(11-16)20(25)26/h3-6,12,15-16H,7-11H2,1-2H3,(H,21,24)(H,25,26)/t15-,16+/m1/s1. The first kappa shape index (κ1) is 19.1. The van der Waals surface area contributed by atoms with Crippen molar-refractivity contribution in [3.8, 4) is 11.4 Å². The number of hydrogen-bond acceptors (Lipinski definition) is 5. The number of aliphatic carboxylic acids is 1. The van der Waals surface area contributed by atoms with E-state index in [9.17, 15) is 9.59 Å². The summed E-state index contributed by atoms with van der Waals surface area (Å²) < 4.78 is 5.25. The molecule has 0 radical (unpaired) electrons. The van der Waals surface area contributed by atoms with E-state index in [0.29, 0.717) is 43.3 Å². The molecule has 27 heavy (non-hydrogen) atoms. The number of carbonyl (C=O) groups excluding carboxylic acids is 1. The number of nitrogens with zero attached hydrogens (tertiary/aromatic N) is 2. The van der Waals surface area contributed by atoms with Crippen molar-refractivity contribution in [2.75, 3.05) is 0 Å². The highest BCUT2D eigenvalue weighted by atomic mass is 16.5. The second kappa shape index (κ2) is 8.33. The van der Waals surface area contributed by atoms with Crippen LogP contribution in [0.1, 0.15) is 56.9 Å². The number of hydrogen-bond donors (Lipinski definition) is 2. The Bertz CT molecular complexity index is 798. The molecule has 0 aliphatic heterocycles. The summed E-state index contributed by atoms with van der Waals surface area (Å²) in [5, 5.41) is 15.9. The van der Waals surface area contributed by atoms with Gasteiger partial charge in [0.2, 0.25) is 17.6 Å². The van der Waals surface area contributed by atoms with Crippen molar-refractivity contribution in [3.05, 3.63) is 35.7 Å². The molecule has 1 saturated carbocycles. The van der Waals surface area contributed by atoms with E-state index in [0.717, 1.165) is 5.56 Å². The van der Waals surface area contributed by atoms with Gasteiger partial charge in [-0.05, 0) is 30.7 Å². The van der Waals surface area contributed by atoms with Gasteiger partial charge in [0.25, 0.3) is 0 Å². The second-order valence-corrected chi connectivity index (χ2v) is 7.40. The molecule has 7 heteroatoms. The fourth-order valence-electron chi connectivity index (χ4n) is 3.35. The molecule has 0 saturated heterocycles. The summed E-state index contributed by atoms with van der Waals surface area (Å²) in [7, 11) is 0. The van der Waals surface area contributed by atoms with Crippen LogP contribution in [0.15, 0.2) is 28.8 Å². The molecule has 0 spiro atoms. The molecule has 2 N–H and O–H groups in total. The van der Waals surface area contributed by atoms with E-state index < -0.39 is 5.97 Å². The van der Waals surface area contributed by atoms with Crippen LogP contribution < -0.4 is 5.32 Å². The molecule has 0 unspecified atom stereocenters. The summed E-state index contributed by atoms with van der Waals surface area (Å²) in [4.78, 5) is 27.4. The van der Waals surface area contributed by atoms with Gasteiger partial charge in [0.05, 0.1) is 5.92 Å². The van der Waals surface area contributed by atoms with Gasteiger partial charge in [-0.1, -0.05) is 43.3 Å². The Hall–Kier alpha value is -2.70. The van der Waals surface area contributed by atoms with Gasteiger partial charge >= 0.3 is 5.97 Å². The quantitative estimate of drug-likeness (QED) is 0.774. The highest BCUT2D eigenvalue weighted by Gasteiger charge is 2.30. The molecule has 1 fully saturated rings. The Morgan fingerprint density at radius 3 is 2.63 bits per heavy atom. The molecule has 1 amide bonds. The molecule has 1 aromatic heterocycles. The van der Waals surface area contributed by atoms with E-state index in [1.54, 1.807) is 0 Å². The molecular weight excluding hydrogens is 346 g/mol. The molecule has 2 atom stereocenters. The maximum Gasteiger partial charge on any atom is 0.306 e. The van der Waals surface area contributed by atoms with Gasteiger partial charge in [-0.15, -0.1) is 0 Å². The van der Waals surface area contributed by atoms with Gasteiger partial charge in [0.15, 0.2) is 0 Å². The number of nitrogens with one attached hydrogen (secondary N) is 1. The number of benzene rings is 1. The summed E-state index contributed by atoms with van der Waals surface area (Å²) in [6.45, 7) is 4.28. The van der Waals surface area contributed by atoms with Crippen LogP contribution in [0.25, 0.3) is 11.4 Å². The van der Waals surface area contributed by atoms with Crippen LogP contribution in [0, 0.1) is 5.92 Å². The van der Waals surface area contributed by atoms with Gasteiger partial charge in [0.1, 0.15) is 0 Å². The third-order valence-electron chi connectivity index (χ3n) is 5.02. The minimum absolute atomic E-state index is 0.0590. The molecular formula is C20H25N3O4. The first-order chi connectivity index (χ1) is 12.9. The van der Waals surface area contributed by atoms with E-state index in [2.05, 4.69) is 41.4 Å². The molecule has 7 nitrogen and oxygen atoms in total. The lowest BCUT2D eigenvalue weighted by Crippen LogP contribution is -2.33. The van der Waals surface area contributed by atoms with Crippen molar-refractivity contribution < 1.29 is 19.2 Å². The zero-order valence-electron chi connectivity index (χ0n) is 15.6. The van der Waals surface area contributed by atoms with Crippen molar-refractivity contribution in [2.24, 2.45) is 5.92 Å². The van der Waals surface area contributed by atoms with Crippen LogP contribution in [0.4, 0.5) is 0 Å². The predicted octanol–water partition coefficient (Wildman–Crippen LogP) is 3.16. The number of carboxylic acids is 1. The number of aromatic nitrogens is 2. The topological polar surface area (TPSA) is 105 Å². The van der Waals surface area contributed by atoms with Crippen LogP contribution in [-0.4, -0.2) is 33.2 Å². The number of amides is 1. The Balaban J connectivity index is 1.49. The fourth-order valence-corrected chi connectivity index (χ4v) is 3.35. The number of carboxylic acid groups (broad SMARTS) is 1. The normalized spacial score (nSPS) is 19.4. The largest absolute Gasteiger partial charge is 0.481 e. The van der Waals surface area contributed by atoms with Gasteiger partial charge in [0, 0.05) is 24.4 Å². The second-order valence-electron chi connectivity index (χ2n) is 7.40. The van der Waals surface area contributed by atoms with Crippen LogP contribution >= 0.6 is 0 Å². The molecule has 1 aliphatic rings. The minimum atomic E-state index is -0.786. The van der Waals surface area contributed by atoms with Gasteiger partial charge in [-0.3, -0.25) is 9.59 Å². The summed E-state index contributed by atoms with van der Waals surface area (Å²) in [5.74, 6) is 0.141. The Morgan fingerprint density at radius 2 is 2.00 bits per heavy atom. The average Bonchev–Trinajstić information content (AvgIpc) is 3.29. The summed E-state index contributed by atoms with van der Waals surface area (Å²) in [6.07, 6.45) is 2.42. The molecule has 1 aromatic carbocycles. The van der Waals surface area contributed by atoms with Crippen molar-refractivity contribution in [2.45, 2.75) is 57.9 Å². The number of aryl methyl sites for hydroxylation is 1. The number of rotatable bonds is 7. The first-order valence-electron chi connectivity index (χ1n) is 9.37. The van der Waals surface area contributed by atoms with Crippen molar-refractivity contribution in [1.82, 2.24) is 15.5 Å². The summed E-state index contributed by atoms with van der Waals surface area (Å²) in [5.41, 5.74) is 2.13. The molecule has 2 aromatic rings. The maximum absolute atomic E-state index is 12.1. The zero-order chi connectivity index (χ0) is 19.4. The smallest absolute Gasteiger partial charge is 0.306 e. The molecule has 1 aliphatic carbocycles. The maximum atomic E-state index is 12.1. The first-order valence-corrected chi connectivity index (χ1v) is 9.37. The third-order valence-corrected chi connectivity index (χ3v) is 5.02. The Morgan fingerprint density at radius 1 is 1.26 bits per heavy atom. The van der Waals surface area contributed by atoms with Crippen LogP contribution in [0.5, 0.6) is 0 Å². The summed E-state index contributed by atoms with van der Waals surface area (Å²) >= 11 is 0. The average molecular weight is 371 g/mol. The zero-order valence-corrected chi connectivity index (χ0v) is 15.6. The number of carbonyl (C=O) groups is 2. The highest BCUT2D eigenvalue weighted by molar-refractivity contribution is 5.77. The lowest BCUT2D eigenvalue weighted by molar-refractivity contribution is -0.141. The monoisotopic (exact) mass is 371 g/mol. The van der Waals surface area contributed by atoms with E-state index in [1.165, 1.54) is 5.56 Å². The molecule has 144 valence electrons. The van der Waals surface area contributed by atoms with Crippen LogP contribution in [-0.2, 0) is 16.0 Å². The summed E-state index contributed by atoms with van der Waals surface area (Å²) in [6, 6.07) is 7.98. The lowest BCUT2D eigenvalue weighted by atomic mass is 10.0. The minimum Gasteiger partial charge on any atom is -0.481 e. The van der Waals surface area contributed by atoms with Gasteiger partial charge < -0.3 is 14.9 Å². The molecule has 0 bridgehead atoms.